The number of halogens is 1. The monoisotopic (exact) mass is 446 g/mol. The molecule has 2 amide bonds. The second kappa shape index (κ2) is 9.41. The standard InChI is InChI=1S/C25H19ClN2O4/c1-16-12-13-17(15-20(16)28-25(30)23-11-6-14-31-23)24(29)27-19-8-3-5-10-22(19)32-21-9-4-2-7-18(21)26/h2-15H,1H3,(H,27,29)(H,28,30). The minimum absolute atomic E-state index is 0.185. The van der Waals surface area contributed by atoms with Crippen molar-refractivity contribution in [3.05, 3.63) is 107 Å². The molecule has 2 N–H and O–H groups in total. The third-order valence-corrected chi connectivity index (χ3v) is 5.00. The number of aryl methyl sites for hydroxylation is 1. The fourth-order valence-electron chi connectivity index (χ4n) is 2.99. The van der Waals surface area contributed by atoms with E-state index in [1.165, 1.54) is 6.26 Å². The van der Waals surface area contributed by atoms with Crippen LogP contribution in [0.15, 0.2) is 89.5 Å². The maximum absolute atomic E-state index is 12.9. The molecule has 0 aliphatic carbocycles. The molecule has 0 atom stereocenters. The maximum Gasteiger partial charge on any atom is 0.291 e. The van der Waals surface area contributed by atoms with Crippen LogP contribution in [-0.2, 0) is 0 Å². The third-order valence-electron chi connectivity index (χ3n) is 4.68. The van der Waals surface area contributed by atoms with Gasteiger partial charge >= 0.3 is 0 Å². The number of hydrogen-bond donors (Lipinski definition) is 2. The molecular formula is C25H19ClN2O4. The Morgan fingerprint density at radius 2 is 1.53 bits per heavy atom. The second-order valence-corrected chi connectivity index (χ2v) is 7.35. The minimum atomic E-state index is -0.394. The molecule has 1 heterocycles. The number of furan rings is 1. The van der Waals surface area contributed by atoms with Crippen molar-refractivity contribution in [3.8, 4) is 11.5 Å². The van der Waals surface area contributed by atoms with Gasteiger partial charge in [-0.15, -0.1) is 0 Å². The van der Waals surface area contributed by atoms with E-state index in [9.17, 15) is 9.59 Å². The Balaban J connectivity index is 1.53. The van der Waals surface area contributed by atoms with E-state index in [-0.39, 0.29) is 11.7 Å². The normalized spacial score (nSPS) is 10.4. The Hall–Kier alpha value is -4.03. The molecule has 6 nitrogen and oxygen atoms in total. The number of carbonyl (C=O) groups is 2. The van der Waals surface area contributed by atoms with Gasteiger partial charge in [-0.2, -0.15) is 0 Å². The van der Waals surface area contributed by atoms with Gasteiger partial charge in [0.25, 0.3) is 11.8 Å². The van der Waals surface area contributed by atoms with Crippen molar-refractivity contribution in [2.24, 2.45) is 0 Å². The van der Waals surface area contributed by atoms with Crippen LogP contribution in [0.4, 0.5) is 11.4 Å². The molecule has 0 aliphatic rings. The molecule has 0 unspecified atom stereocenters. The van der Waals surface area contributed by atoms with Crippen molar-refractivity contribution in [1.29, 1.82) is 0 Å². The fourth-order valence-corrected chi connectivity index (χ4v) is 3.16. The molecule has 1 aromatic heterocycles. The number of rotatable bonds is 6. The number of anilines is 2. The lowest BCUT2D eigenvalue weighted by molar-refractivity contribution is 0.0993. The van der Waals surface area contributed by atoms with Crippen LogP contribution >= 0.6 is 11.6 Å². The summed E-state index contributed by atoms with van der Waals surface area (Å²) in [5.41, 5.74) is 2.18. The first kappa shape index (κ1) is 21.2. The van der Waals surface area contributed by atoms with Gasteiger partial charge in [-0.3, -0.25) is 9.59 Å². The summed E-state index contributed by atoms with van der Waals surface area (Å²) in [6.07, 6.45) is 1.42. The van der Waals surface area contributed by atoms with Crippen LogP contribution in [0.1, 0.15) is 26.5 Å². The van der Waals surface area contributed by atoms with Gasteiger partial charge in [0.2, 0.25) is 0 Å². The average molecular weight is 447 g/mol. The van der Waals surface area contributed by atoms with E-state index in [2.05, 4.69) is 10.6 Å². The first-order valence-electron chi connectivity index (χ1n) is 9.79. The van der Waals surface area contributed by atoms with Crippen LogP contribution in [0.5, 0.6) is 11.5 Å². The zero-order valence-corrected chi connectivity index (χ0v) is 17.8. The summed E-state index contributed by atoms with van der Waals surface area (Å²) in [6, 6.07) is 22.4. The molecule has 0 fully saturated rings. The lowest BCUT2D eigenvalue weighted by atomic mass is 10.1. The topological polar surface area (TPSA) is 80.6 Å². The average Bonchev–Trinajstić information content (AvgIpc) is 3.33. The van der Waals surface area contributed by atoms with E-state index in [1.54, 1.807) is 66.7 Å². The van der Waals surface area contributed by atoms with Crippen LogP contribution in [0.2, 0.25) is 5.02 Å². The molecule has 0 saturated heterocycles. The highest BCUT2D eigenvalue weighted by atomic mass is 35.5. The van der Waals surface area contributed by atoms with Crippen molar-refractivity contribution in [3.63, 3.8) is 0 Å². The summed E-state index contributed by atoms with van der Waals surface area (Å²) in [5.74, 6) is 0.370. The molecule has 3 aromatic carbocycles. The Kier molecular flexibility index (Phi) is 6.24. The second-order valence-electron chi connectivity index (χ2n) is 6.94. The Bertz CT molecular complexity index is 1270. The smallest absolute Gasteiger partial charge is 0.291 e. The number of carbonyl (C=O) groups excluding carboxylic acids is 2. The van der Waals surface area contributed by atoms with Gasteiger partial charge in [-0.05, 0) is 61.0 Å². The van der Waals surface area contributed by atoms with Crippen LogP contribution in [0.25, 0.3) is 0 Å². The Morgan fingerprint density at radius 1 is 0.812 bits per heavy atom. The highest BCUT2D eigenvalue weighted by Crippen LogP contribution is 2.33. The molecule has 0 radical (unpaired) electrons. The zero-order chi connectivity index (χ0) is 22.5. The highest BCUT2D eigenvalue weighted by Gasteiger charge is 2.15. The molecule has 4 rings (SSSR count). The van der Waals surface area contributed by atoms with Crippen molar-refractivity contribution < 1.29 is 18.7 Å². The van der Waals surface area contributed by atoms with Gasteiger partial charge < -0.3 is 19.8 Å². The predicted octanol–water partition coefficient (Wildman–Crippen LogP) is 6.54. The molecular weight excluding hydrogens is 428 g/mol. The summed E-state index contributed by atoms with van der Waals surface area (Å²) < 4.78 is 11.0. The third kappa shape index (κ3) is 4.82. The van der Waals surface area contributed by atoms with Gasteiger partial charge in [-0.1, -0.05) is 41.9 Å². The fraction of sp³-hybridized carbons (Fsp3) is 0.0400. The summed E-state index contributed by atoms with van der Waals surface area (Å²) >= 11 is 6.19. The number of benzene rings is 3. The van der Waals surface area contributed by atoms with Gasteiger partial charge in [0.15, 0.2) is 11.5 Å². The van der Waals surface area contributed by atoms with E-state index >= 15 is 0 Å². The molecule has 0 spiro atoms. The van der Waals surface area contributed by atoms with E-state index in [0.29, 0.717) is 33.5 Å². The van der Waals surface area contributed by atoms with E-state index in [4.69, 9.17) is 20.8 Å². The lowest BCUT2D eigenvalue weighted by Gasteiger charge is -2.14. The first-order chi connectivity index (χ1) is 15.5. The number of para-hydroxylation sites is 3. The first-order valence-corrected chi connectivity index (χ1v) is 10.2. The van der Waals surface area contributed by atoms with Crippen LogP contribution < -0.4 is 15.4 Å². The molecule has 7 heteroatoms. The molecule has 0 aliphatic heterocycles. The van der Waals surface area contributed by atoms with Crippen LogP contribution in [0.3, 0.4) is 0 Å². The summed E-state index contributed by atoms with van der Waals surface area (Å²) in [6.45, 7) is 1.84. The summed E-state index contributed by atoms with van der Waals surface area (Å²) in [7, 11) is 0. The van der Waals surface area contributed by atoms with Crippen LogP contribution in [-0.4, -0.2) is 11.8 Å². The maximum atomic E-state index is 12.9. The van der Waals surface area contributed by atoms with Crippen LogP contribution in [0, 0.1) is 6.92 Å². The predicted molar refractivity (Wildman–Crippen MR) is 124 cm³/mol. The quantitative estimate of drug-likeness (QED) is 0.352. The molecule has 160 valence electrons. The highest BCUT2D eigenvalue weighted by molar-refractivity contribution is 6.32. The summed E-state index contributed by atoms with van der Waals surface area (Å²) in [4.78, 5) is 25.3. The SMILES string of the molecule is Cc1ccc(C(=O)Nc2ccccc2Oc2ccccc2Cl)cc1NC(=O)c1ccco1. The van der Waals surface area contributed by atoms with Gasteiger partial charge in [0.05, 0.1) is 17.0 Å². The number of amides is 2. The van der Waals surface area contributed by atoms with E-state index in [1.807, 2.05) is 19.1 Å². The number of ether oxygens (including phenoxy) is 1. The molecule has 0 bridgehead atoms. The number of hydrogen-bond acceptors (Lipinski definition) is 4. The van der Waals surface area contributed by atoms with Gasteiger partial charge in [-0.25, -0.2) is 0 Å². The van der Waals surface area contributed by atoms with E-state index < -0.39 is 5.91 Å². The minimum Gasteiger partial charge on any atom is -0.459 e. The van der Waals surface area contributed by atoms with Gasteiger partial charge in [0, 0.05) is 11.3 Å². The zero-order valence-electron chi connectivity index (χ0n) is 17.1. The van der Waals surface area contributed by atoms with Crippen molar-refractivity contribution in [2.75, 3.05) is 10.6 Å². The largest absolute Gasteiger partial charge is 0.459 e. The Labute approximate surface area is 189 Å². The van der Waals surface area contributed by atoms with Crippen molar-refractivity contribution in [2.45, 2.75) is 6.92 Å². The molecule has 32 heavy (non-hydrogen) atoms. The Morgan fingerprint density at radius 3 is 2.28 bits per heavy atom. The number of nitrogens with one attached hydrogen (secondary N) is 2. The van der Waals surface area contributed by atoms with Gasteiger partial charge in [0.1, 0.15) is 5.75 Å². The molecule has 0 saturated carbocycles. The van der Waals surface area contributed by atoms with E-state index in [0.717, 1.165) is 5.56 Å². The van der Waals surface area contributed by atoms with Crippen molar-refractivity contribution >= 4 is 34.8 Å². The molecule has 4 aromatic rings. The summed E-state index contributed by atoms with van der Waals surface area (Å²) in [5, 5.41) is 6.09. The lowest BCUT2D eigenvalue weighted by Crippen LogP contribution is -2.15. The van der Waals surface area contributed by atoms with Crippen molar-refractivity contribution in [1.82, 2.24) is 0 Å².